The molecule has 0 aliphatic carbocycles. The Kier molecular flexibility index (Phi) is 12.1. The molecule has 276 valence electrons. The highest BCUT2D eigenvalue weighted by atomic mass is 32.1. The number of aromatic nitrogens is 2. The number of carbonyl (C=O) groups excluding carboxylic acids is 1. The molecule has 10 heteroatoms. The quantitative estimate of drug-likeness (QED) is 0.0991. The minimum absolute atomic E-state index is 0.0198. The Morgan fingerprint density at radius 1 is 0.923 bits per heavy atom. The lowest BCUT2D eigenvalue weighted by atomic mass is 9.89. The Hall–Kier alpha value is -4.12. The summed E-state index contributed by atoms with van der Waals surface area (Å²) in [6.45, 7) is 9.30. The van der Waals surface area contributed by atoms with Gasteiger partial charge in [0.25, 0.3) is 5.91 Å². The predicted octanol–water partition coefficient (Wildman–Crippen LogP) is 8.12. The lowest BCUT2D eigenvalue weighted by Gasteiger charge is -2.34. The van der Waals surface area contributed by atoms with Crippen LogP contribution in [-0.4, -0.2) is 67.9 Å². The Balaban J connectivity index is 1.12. The molecule has 5 atom stereocenters. The Labute approximate surface area is 311 Å². The normalized spacial score (nSPS) is 19.8. The van der Waals surface area contributed by atoms with Crippen molar-refractivity contribution in [2.45, 2.75) is 115 Å². The fraction of sp³-hybridized carbons (Fsp3) is 0.476. The van der Waals surface area contributed by atoms with Gasteiger partial charge in [0, 0.05) is 40.5 Å². The first-order valence-electron chi connectivity index (χ1n) is 18.8. The van der Waals surface area contributed by atoms with Gasteiger partial charge in [-0.15, -0.1) is 11.3 Å². The third kappa shape index (κ3) is 8.90. The molecule has 2 bridgehead atoms. The molecule has 2 aliphatic heterocycles. The van der Waals surface area contributed by atoms with Crippen molar-refractivity contribution in [3.63, 3.8) is 0 Å². The minimum atomic E-state index is -1.03. The second-order valence-corrected chi connectivity index (χ2v) is 16.4. The summed E-state index contributed by atoms with van der Waals surface area (Å²) in [6, 6.07) is 18.8. The van der Waals surface area contributed by atoms with Crippen LogP contribution in [-0.2, 0) is 16.6 Å². The number of carboxylic acids is 1. The standard InChI is InChI=1S/C42H52N4O5S/c1-5-6-7-8-9-22-51-32-17-14-28(15-18-32)30-25-43-38(44-26-30)29-12-10-27(11-13-29)23-34(45-39(47)36-20-21-37(52-36)42(2,3)4)40(48)46-31-16-19-35(46)33(24-31)41(49)50/h10-15,17-18,20-21,25-26,31,33-35,40,48H,5-9,16,19,22-24H2,1-4H3,(H,45,47)(H,49,50)/t31?,33?,34-,35?,40?/m0/s1. The van der Waals surface area contributed by atoms with Gasteiger partial charge in [-0.2, -0.15) is 0 Å². The van der Waals surface area contributed by atoms with E-state index in [0.717, 1.165) is 58.7 Å². The number of unbranched alkanes of at least 4 members (excludes halogenated alkanes) is 4. The maximum atomic E-state index is 13.6. The van der Waals surface area contributed by atoms with Crippen molar-refractivity contribution >= 4 is 23.2 Å². The number of aliphatic hydroxyl groups is 1. The van der Waals surface area contributed by atoms with E-state index < -0.39 is 24.2 Å². The third-order valence-corrected chi connectivity index (χ3v) is 12.0. The molecule has 4 unspecified atom stereocenters. The molecule has 3 N–H and O–H groups in total. The van der Waals surface area contributed by atoms with Crippen LogP contribution in [0.15, 0.2) is 73.1 Å². The van der Waals surface area contributed by atoms with Gasteiger partial charge >= 0.3 is 5.97 Å². The number of fused-ring (bicyclic) bond motifs is 2. The van der Waals surface area contributed by atoms with Gasteiger partial charge in [-0.05, 0) is 72.9 Å². The second-order valence-electron chi connectivity index (χ2n) is 15.3. The molecule has 9 nitrogen and oxygen atoms in total. The van der Waals surface area contributed by atoms with Gasteiger partial charge in [0.1, 0.15) is 12.0 Å². The van der Waals surface area contributed by atoms with Gasteiger partial charge < -0.3 is 20.3 Å². The average molecular weight is 725 g/mol. The number of nitrogens with zero attached hydrogens (tertiary/aromatic N) is 3. The first kappa shape index (κ1) is 37.6. The maximum absolute atomic E-state index is 13.6. The molecule has 2 aromatic carbocycles. The van der Waals surface area contributed by atoms with Crippen LogP contribution >= 0.6 is 11.3 Å². The van der Waals surface area contributed by atoms with Crippen molar-refractivity contribution in [2.24, 2.45) is 5.92 Å². The summed E-state index contributed by atoms with van der Waals surface area (Å²) >= 11 is 1.46. The average Bonchev–Trinajstić information content (AvgIpc) is 3.89. The first-order chi connectivity index (χ1) is 25.0. The zero-order valence-corrected chi connectivity index (χ0v) is 31.6. The van der Waals surface area contributed by atoms with Gasteiger partial charge in [-0.3, -0.25) is 14.5 Å². The molecule has 2 aliphatic rings. The highest BCUT2D eigenvalue weighted by molar-refractivity contribution is 7.14. The van der Waals surface area contributed by atoms with Crippen molar-refractivity contribution in [3.05, 3.63) is 88.4 Å². The number of benzene rings is 2. The van der Waals surface area contributed by atoms with Gasteiger partial charge in [0.05, 0.1) is 23.4 Å². The van der Waals surface area contributed by atoms with E-state index >= 15 is 0 Å². The molecule has 1 amide bonds. The van der Waals surface area contributed by atoms with Crippen molar-refractivity contribution < 1.29 is 24.5 Å². The molecular weight excluding hydrogens is 673 g/mol. The fourth-order valence-corrected chi connectivity index (χ4v) is 8.53. The molecule has 2 saturated heterocycles. The maximum Gasteiger partial charge on any atom is 0.308 e. The Bertz CT molecular complexity index is 1780. The van der Waals surface area contributed by atoms with E-state index in [1.165, 1.54) is 37.0 Å². The molecule has 2 aromatic heterocycles. The SMILES string of the molecule is CCCCCCCOc1ccc(-c2cnc(-c3ccc(C[C@H](NC(=O)c4ccc(C(C)(C)C)s4)C(O)N4C5CCC4C(C(=O)O)C5)cc3)nc2)cc1. The van der Waals surface area contributed by atoms with E-state index in [1.807, 2.05) is 78.0 Å². The number of ether oxygens (including phenoxy) is 1. The number of rotatable bonds is 16. The van der Waals surface area contributed by atoms with E-state index in [1.54, 1.807) is 0 Å². The molecule has 0 saturated carbocycles. The second kappa shape index (κ2) is 16.7. The van der Waals surface area contributed by atoms with Crippen molar-refractivity contribution in [3.8, 4) is 28.3 Å². The van der Waals surface area contributed by atoms with Crippen LogP contribution in [0.4, 0.5) is 0 Å². The Morgan fingerprint density at radius 3 is 2.25 bits per heavy atom. The lowest BCUT2D eigenvalue weighted by Crippen LogP contribution is -2.54. The molecule has 6 rings (SSSR count). The van der Waals surface area contributed by atoms with Crippen LogP contribution in [0.3, 0.4) is 0 Å². The highest BCUT2D eigenvalue weighted by Gasteiger charge is 2.52. The largest absolute Gasteiger partial charge is 0.494 e. The Morgan fingerprint density at radius 2 is 1.62 bits per heavy atom. The van der Waals surface area contributed by atoms with Crippen molar-refractivity contribution in [1.29, 1.82) is 0 Å². The lowest BCUT2D eigenvalue weighted by molar-refractivity contribution is -0.143. The van der Waals surface area contributed by atoms with Gasteiger partial charge in [-0.1, -0.05) is 89.8 Å². The molecule has 4 heterocycles. The van der Waals surface area contributed by atoms with Crippen molar-refractivity contribution in [1.82, 2.24) is 20.2 Å². The number of aliphatic carboxylic acids is 1. The summed E-state index contributed by atoms with van der Waals surface area (Å²) in [5.41, 5.74) is 3.63. The van der Waals surface area contributed by atoms with Gasteiger partial charge in [0.2, 0.25) is 0 Å². The minimum Gasteiger partial charge on any atom is -0.494 e. The molecule has 52 heavy (non-hydrogen) atoms. The third-order valence-electron chi connectivity index (χ3n) is 10.5. The van der Waals surface area contributed by atoms with Crippen molar-refractivity contribution in [2.75, 3.05) is 6.61 Å². The van der Waals surface area contributed by atoms with Crippen LogP contribution in [0.25, 0.3) is 22.5 Å². The molecule has 2 fully saturated rings. The van der Waals surface area contributed by atoms with Crippen LogP contribution in [0.2, 0.25) is 0 Å². The van der Waals surface area contributed by atoms with Crippen LogP contribution in [0.5, 0.6) is 5.75 Å². The fourth-order valence-electron chi connectivity index (χ4n) is 7.56. The number of carbonyl (C=O) groups is 2. The highest BCUT2D eigenvalue weighted by Crippen LogP contribution is 2.43. The van der Waals surface area contributed by atoms with Crippen LogP contribution in [0, 0.1) is 5.92 Å². The van der Waals surface area contributed by atoms with E-state index in [-0.39, 0.29) is 23.4 Å². The molecule has 0 spiro atoms. The number of carboxylic acid groups (broad SMARTS) is 1. The summed E-state index contributed by atoms with van der Waals surface area (Å²) in [5, 5.41) is 24.8. The summed E-state index contributed by atoms with van der Waals surface area (Å²) in [5.74, 6) is -0.106. The van der Waals surface area contributed by atoms with Gasteiger partial charge in [-0.25, -0.2) is 9.97 Å². The summed E-state index contributed by atoms with van der Waals surface area (Å²) in [7, 11) is 0. The molecule has 4 aromatic rings. The topological polar surface area (TPSA) is 125 Å². The monoisotopic (exact) mass is 724 g/mol. The van der Waals surface area contributed by atoms with E-state index in [4.69, 9.17) is 4.74 Å². The van der Waals surface area contributed by atoms with E-state index in [9.17, 15) is 19.8 Å². The molecular formula is C42H52N4O5S. The first-order valence-corrected chi connectivity index (χ1v) is 19.6. The number of aliphatic hydroxyl groups excluding tert-OH is 1. The number of hydrogen-bond donors (Lipinski definition) is 3. The number of thiophene rings is 1. The van der Waals surface area contributed by atoms with Crippen LogP contribution < -0.4 is 10.1 Å². The molecule has 0 radical (unpaired) electrons. The van der Waals surface area contributed by atoms with Crippen LogP contribution in [0.1, 0.15) is 99.2 Å². The van der Waals surface area contributed by atoms with E-state index in [0.29, 0.717) is 23.5 Å². The smallest absolute Gasteiger partial charge is 0.308 e. The summed E-state index contributed by atoms with van der Waals surface area (Å²) in [6.07, 6.45) is 11.1. The number of hydrogen-bond acceptors (Lipinski definition) is 8. The predicted molar refractivity (Wildman–Crippen MR) is 206 cm³/mol. The number of nitrogens with one attached hydrogen (secondary N) is 1. The zero-order valence-electron chi connectivity index (χ0n) is 30.8. The zero-order chi connectivity index (χ0) is 36.8. The summed E-state index contributed by atoms with van der Waals surface area (Å²) in [4.78, 5) is 38.5. The van der Waals surface area contributed by atoms with Gasteiger partial charge in [0.15, 0.2) is 5.82 Å². The van der Waals surface area contributed by atoms with E-state index in [2.05, 4.69) is 43.0 Å². The number of amides is 1. The summed E-state index contributed by atoms with van der Waals surface area (Å²) < 4.78 is 5.91.